The zero-order valence-corrected chi connectivity index (χ0v) is 8.83. The van der Waals surface area contributed by atoms with Gasteiger partial charge in [-0.1, -0.05) is 6.61 Å². The third-order valence-corrected chi connectivity index (χ3v) is 0.427. The molecule has 0 heterocycles. The smallest absolute Gasteiger partial charge is 0.113 e. The molecule has 0 spiro atoms. The number of methoxy groups -OCH3 is 1. The van der Waals surface area contributed by atoms with E-state index in [-0.39, 0.29) is 39.5 Å². The number of hydrogen-bond donors (Lipinski definition) is 2. The van der Waals surface area contributed by atoms with Crippen LogP contribution in [-0.4, -0.2) is 30.7 Å². The quantitative estimate of drug-likeness (QED) is 0.398. The summed E-state index contributed by atoms with van der Waals surface area (Å²) >= 11 is 0. The second-order valence-corrected chi connectivity index (χ2v) is 0.918. The molecule has 0 unspecified atom stereocenters. The minimum atomic E-state index is -0.274. The molecule has 61 valence electrons. The van der Waals surface area contributed by atoms with E-state index in [1.165, 1.54) is 6.61 Å². The van der Waals surface area contributed by atoms with Crippen molar-refractivity contribution in [2.75, 3.05) is 20.5 Å². The molecule has 0 aromatic heterocycles. The summed E-state index contributed by atoms with van der Waals surface area (Å²) in [5, 5.41) is 14.7. The number of hydrogen-bond acceptors (Lipinski definition) is 4. The van der Waals surface area contributed by atoms with Crippen LogP contribution in [0.5, 0.6) is 0 Å². The summed E-state index contributed by atoms with van der Waals surface area (Å²) in [6.45, 7) is 1.53. The van der Waals surface area contributed by atoms with E-state index >= 15 is 0 Å². The Bertz CT molecular complexity index is 32.8. The molecule has 0 atom stereocenters. The van der Waals surface area contributed by atoms with Gasteiger partial charge in [0.2, 0.25) is 0 Å². The average Bonchev–Trinajstić information content (AvgIpc) is 1.94. The van der Waals surface area contributed by atoms with Crippen LogP contribution in [0.4, 0.5) is 0 Å². The third-order valence-electron chi connectivity index (χ3n) is 0.427. The van der Waals surface area contributed by atoms with E-state index in [0.29, 0.717) is 6.61 Å². The summed E-state index contributed by atoms with van der Waals surface area (Å²) in [4.78, 5) is 0. The van der Waals surface area contributed by atoms with Crippen molar-refractivity contribution in [1.82, 2.24) is 0 Å². The molecule has 0 saturated heterocycles. The van der Waals surface area contributed by atoms with Crippen molar-refractivity contribution in [3.05, 3.63) is 13.7 Å². The second kappa shape index (κ2) is 22.5. The number of aliphatic hydroxyl groups is 2. The fourth-order valence-electron chi connectivity index (χ4n) is 0.169. The van der Waals surface area contributed by atoms with E-state index in [4.69, 9.17) is 10.2 Å². The molecule has 10 heavy (non-hydrogen) atoms. The van der Waals surface area contributed by atoms with E-state index < -0.39 is 0 Å². The van der Waals surface area contributed by atoms with Crippen molar-refractivity contribution in [2.24, 2.45) is 0 Å². The second-order valence-electron chi connectivity index (χ2n) is 0.918. The van der Waals surface area contributed by atoms with Gasteiger partial charge in [0.25, 0.3) is 0 Å². The summed E-state index contributed by atoms with van der Waals surface area (Å²) in [7, 11) is 3.80. The van der Waals surface area contributed by atoms with E-state index in [0.717, 1.165) is 0 Å². The molecular formula is C5H12O4Y-2. The zero-order valence-electron chi connectivity index (χ0n) is 5.99. The number of aliphatic hydroxyl groups excluding tert-OH is 2. The maximum absolute atomic E-state index is 7.98. The summed E-state index contributed by atoms with van der Waals surface area (Å²) in [6.07, 6.45) is 0. The SMILES string of the molecule is COC[CH-]OCO.[CH2-]O.[Y]. The Labute approximate surface area is 86.4 Å². The molecule has 1 radical (unpaired) electrons. The van der Waals surface area contributed by atoms with Gasteiger partial charge in [-0.05, 0) is 0 Å². The van der Waals surface area contributed by atoms with Crippen LogP contribution >= 0.6 is 0 Å². The van der Waals surface area contributed by atoms with Crippen molar-refractivity contribution in [2.45, 2.75) is 0 Å². The molecule has 0 fully saturated rings. The minimum absolute atomic E-state index is 0. The first-order valence-corrected chi connectivity index (χ1v) is 2.26. The molecule has 0 saturated carbocycles. The Morgan fingerprint density at radius 2 is 2.00 bits per heavy atom. The molecule has 0 aromatic carbocycles. The van der Waals surface area contributed by atoms with E-state index in [9.17, 15) is 0 Å². The summed E-state index contributed by atoms with van der Waals surface area (Å²) in [5.41, 5.74) is 0. The molecule has 5 heteroatoms. The van der Waals surface area contributed by atoms with Gasteiger partial charge >= 0.3 is 0 Å². The first-order valence-electron chi connectivity index (χ1n) is 2.26. The number of ether oxygens (including phenoxy) is 2. The van der Waals surface area contributed by atoms with Crippen LogP contribution in [0, 0.1) is 13.7 Å². The van der Waals surface area contributed by atoms with Crippen molar-refractivity contribution >= 4 is 0 Å². The van der Waals surface area contributed by atoms with Crippen LogP contribution in [0.25, 0.3) is 0 Å². The van der Waals surface area contributed by atoms with E-state index in [2.05, 4.69) is 16.6 Å². The predicted octanol–water partition coefficient (Wildman–Crippen LogP) is -0.0910. The standard InChI is InChI=1S/C4H9O3.CH3O.Y/c1-6-2-3-7-4-5;1-2;/h3,5H,2,4H2,1H3;2H,1H2;/q2*-1;. The van der Waals surface area contributed by atoms with E-state index in [1.54, 1.807) is 7.11 Å². The minimum Gasteiger partial charge on any atom is -0.569 e. The van der Waals surface area contributed by atoms with Crippen LogP contribution in [0.2, 0.25) is 0 Å². The Morgan fingerprint density at radius 1 is 1.50 bits per heavy atom. The molecule has 0 aliphatic rings. The van der Waals surface area contributed by atoms with Gasteiger partial charge in [-0.25, -0.2) is 7.11 Å². The zero-order chi connectivity index (χ0) is 7.54. The van der Waals surface area contributed by atoms with Gasteiger partial charge < -0.3 is 19.7 Å². The summed E-state index contributed by atoms with van der Waals surface area (Å²) in [6, 6.07) is 0. The molecule has 0 aliphatic carbocycles. The molecular weight excluding hydrogens is 213 g/mol. The van der Waals surface area contributed by atoms with Crippen LogP contribution in [0.15, 0.2) is 0 Å². The maximum Gasteiger partial charge on any atom is 0.113 e. The number of rotatable bonds is 4. The topological polar surface area (TPSA) is 58.9 Å². The maximum atomic E-state index is 7.98. The molecule has 0 amide bonds. The van der Waals surface area contributed by atoms with Crippen molar-refractivity contribution in [3.8, 4) is 0 Å². The van der Waals surface area contributed by atoms with Crippen molar-refractivity contribution < 1.29 is 52.4 Å². The van der Waals surface area contributed by atoms with Crippen LogP contribution < -0.4 is 0 Å². The molecule has 0 rings (SSSR count). The van der Waals surface area contributed by atoms with Gasteiger partial charge in [0.05, 0.1) is 0 Å². The van der Waals surface area contributed by atoms with Gasteiger partial charge in [0, 0.05) is 39.8 Å². The largest absolute Gasteiger partial charge is 0.569 e. The van der Waals surface area contributed by atoms with Crippen LogP contribution in [0.1, 0.15) is 0 Å². The van der Waals surface area contributed by atoms with Crippen LogP contribution in [0.3, 0.4) is 0 Å². The monoisotopic (exact) mass is 225 g/mol. The third kappa shape index (κ3) is 23.1. The van der Waals surface area contributed by atoms with Gasteiger partial charge in [-0.2, -0.15) is 6.61 Å². The Balaban J connectivity index is -0.000000149. The predicted molar refractivity (Wildman–Crippen MR) is 31.6 cm³/mol. The summed E-state index contributed by atoms with van der Waals surface area (Å²) < 4.78 is 8.93. The van der Waals surface area contributed by atoms with Gasteiger partial charge in [0.15, 0.2) is 0 Å². The van der Waals surface area contributed by atoms with Crippen LogP contribution in [-0.2, 0) is 42.2 Å². The molecule has 0 bridgehead atoms. The fraction of sp³-hybridized carbons (Fsp3) is 0.600. The first kappa shape index (κ1) is 17.1. The van der Waals surface area contributed by atoms with Gasteiger partial charge in [0.1, 0.15) is 6.79 Å². The molecule has 0 aromatic rings. The fourth-order valence-corrected chi connectivity index (χ4v) is 0.169. The van der Waals surface area contributed by atoms with Crippen molar-refractivity contribution in [1.29, 1.82) is 0 Å². The molecule has 4 nitrogen and oxygen atoms in total. The normalized spacial score (nSPS) is 7.20. The Kier molecular flexibility index (Phi) is 38.6. The van der Waals surface area contributed by atoms with Gasteiger partial charge in [-0.3, -0.25) is 0 Å². The Hall–Kier alpha value is 0.944. The van der Waals surface area contributed by atoms with Crippen molar-refractivity contribution in [3.63, 3.8) is 0 Å². The van der Waals surface area contributed by atoms with Gasteiger partial charge in [-0.15, -0.1) is 0 Å². The molecule has 2 N–H and O–H groups in total. The Morgan fingerprint density at radius 3 is 2.30 bits per heavy atom. The molecule has 0 aliphatic heterocycles. The van der Waals surface area contributed by atoms with E-state index in [1.807, 2.05) is 0 Å². The average molecular weight is 225 g/mol. The first-order chi connectivity index (χ1) is 4.41. The summed E-state index contributed by atoms with van der Waals surface area (Å²) in [5.74, 6) is 0.